The Labute approximate surface area is 125 Å². The normalized spacial score (nSPS) is 10.2. The molecule has 0 radical (unpaired) electrons. The summed E-state index contributed by atoms with van der Waals surface area (Å²) in [6.07, 6.45) is 0. The molecule has 8 heteroatoms. The highest BCUT2D eigenvalue weighted by atomic mass is 32.1. The van der Waals surface area contributed by atoms with Crippen molar-refractivity contribution in [3.8, 4) is 0 Å². The summed E-state index contributed by atoms with van der Waals surface area (Å²) in [6, 6.07) is 4.33. The zero-order chi connectivity index (χ0) is 15.4. The lowest BCUT2D eigenvalue weighted by molar-refractivity contribution is -0.384. The Hall–Kier alpha value is -2.48. The summed E-state index contributed by atoms with van der Waals surface area (Å²) in [5.74, 6) is -0.353. The van der Waals surface area contributed by atoms with E-state index in [4.69, 9.17) is 0 Å². The fraction of sp³-hybridized carbons (Fsp3) is 0.231. The zero-order valence-corrected chi connectivity index (χ0v) is 12.4. The van der Waals surface area contributed by atoms with Gasteiger partial charge in [-0.3, -0.25) is 14.9 Å². The summed E-state index contributed by atoms with van der Waals surface area (Å²) in [5.41, 5.74) is 3.08. The molecule has 0 aliphatic rings. The lowest BCUT2D eigenvalue weighted by atomic mass is 10.1. The fourth-order valence-electron chi connectivity index (χ4n) is 1.79. The van der Waals surface area contributed by atoms with Gasteiger partial charge in [0.25, 0.3) is 11.6 Å². The van der Waals surface area contributed by atoms with Gasteiger partial charge in [0.15, 0.2) is 0 Å². The largest absolute Gasteiger partial charge is 0.383 e. The fourth-order valence-corrected chi connectivity index (χ4v) is 2.51. The van der Waals surface area contributed by atoms with Crippen LogP contribution in [0.15, 0.2) is 23.7 Å². The van der Waals surface area contributed by atoms with Crippen molar-refractivity contribution in [2.75, 3.05) is 12.4 Å². The molecule has 21 heavy (non-hydrogen) atoms. The Morgan fingerprint density at radius 2 is 2.24 bits per heavy atom. The highest BCUT2D eigenvalue weighted by Crippen LogP contribution is 2.25. The minimum Gasteiger partial charge on any atom is -0.383 e. The summed E-state index contributed by atoms with van der Waals surface area (Å²) in [5, 5.41) is 16.4. The SMILES string of the molecule is CNc1ccc(C(=O)NCc2scnc2C)cc1[N+](=O)[O-]. The van der Waals surface area contributed by atoms with E-state index in [9.17, 15) is 14.9 Å². The number of nitrogens with one attached hydrogen (secondary N) is 2. The lowest BCUT2D eigenvalue weighted by Crippen LogP contribution is -2.22. The molecule has 0 aliphatic carbocycles. The zero-order valence-electron chi connectivity index (χ0n) is 11.5. The van der Waals surface area contributed by atoms with Crippen LogP contribution in [0.25, 0.3) is 0 Å². The quantitative estimate of drug-likeness (QED) is 0.652. The van der Waals surface area contributed by atoms with E-state index in [1.807, 2.05) is 6.92 Å². The van der Waals surface area contributed by atoms with Crippen molar-refractivity contribution in [3.63, 3.8) is 0 Å². The average Bonchev–Trinajstić information content (AvgIpc) is 2.89. The van der Waals surface area contributed by atoms with Crippen molar-refractivity contribution < 1.29 is 9.72 Å². The maximum Gasteiger partial charge on any atom is 0.293 e. The third-order valence-electron chi connectivity index (χ3n) is 2.98. The first-order valence-electron chi connectivity index (χ1n) is 6.16. The van der Waals surface area contributed by atoms with Gasteiger partial charge in [0.2, 0.25) is 0 Å². The second-order valence-corrected chi connectivity index (χ2v) is 5.22. The molecule has 0 fully saturated rings. The number of rotatable bonds is 5. The second kappa shape index (κ2) is 6.31. The van der Waals surface area contributed by atoms with E-state index in [2.05, 4.69) is 15.6 Å². The Bertz CT molecular complexity index is 684. The van der Waals surface area contributed by atoms with Crippen LogP contribution in [-0.4, -0.2) is 22.9 Å². The predicted molar refractivity (Wildman–Crippen MR) is 80.7 cm³/mol. The van der Waals surface area contributed by atoms with Crippen LogP contribution in [0, 0.1) is 17.0 Å². The van der Waals surface area contributed by atoms with Crippen molar-refractivity contribution >= 4 is 28.6 Å². The van der Waals surface area contributed by atoms with Crippen molar-refractivity contribution in [1.29, 1.82) is 0 Å². The van der Waals surface area contributed by atoms with E-state index in [1.54, 1.807) is 18.6 Å². The van der Waals surface area contributed by atoms with Crippen molar-refractivity contribution in [2.24, 2.45) is 0 Å². The molecular weight excluding hydrogens is 292 g/mol. The van der Waals surface area contributed by atoms with Crippen LogP contribution in [0.5, 0.6) is 0 Å². The third-order valence-corrected chi connectivity index (χ3v) is 3.92. The number of hydrogen-bond acceptors (Lipinski definition) is 6. The van der Waals surface area contributed by atoms with Gasteiger partial charge in [-0.1, -0.05) is 0 Å². The number of aryl methyl sites for hydroxylation is 1. The summed E-state index contributed by atoms with van der Waals surface area (Å²) in [7, 11) is 1.59. The van der Waals surface area contributed by atoms with Gasteiger partial charge >= 0.3 is 0 Å². The second-order valence-electron chi connectivity index (χ2n) is 4.28. The molecule has 0 aliphatic heterocycles. The van der Waals surface area contributed by atoms with E-state index in [-0.39, 0.29) is 17.2 Å². The highest BCUT2D eigenvalue weighted by Gasteiger charge is 2.16. The number of carbonyl (C=O) groups is 1. The molecule has 0 unspecified atom stereocenters. The first-order chi connectivity index (χ1) is 10.0. The summed E-state index contributed by atoms with van der Waals surface area (Å²) in [4.78, 5) is 27.6. The maximum absolute atomic E-state index is 12.1. The maximum atomic E-state index is 12.1. The number of nitrogens with zero attached hydrogens (tertiary/aromatic N) is 2. The molecule has 2 aromatic rings. The van der Waals surface area contributed by atoms with Gasteiger partial charge < -0.3 is 10.6 Å². The third kappa shape index (κ3) is 3.34. The Morgan fingerprint density at radius 1 is 1.48 bits per heavy atom. The van der Waals surface area contributed by atoms with Gasteiger partial charge in [-0.15, -0.1) is 11.3 Å². The molecular formula is C13H14N4O3S. The molecule has 0 spiro atoms. The van der Waals surface area contributed by atoms with Crippen LogP contribution < -0.4 is 10.6 Å². The highest BCUT2D eigenvalue weighted by molar-refractivity contribution is 7.09. The Kier molecular flexibility index (Phi) is 4.49. The molecule has 110 valence electrons. The van der Waals surface area contributed by atoms with Gasteiger partial charge in [0.05, 0.1) is 22.7 Å². The van der Waals surface area contributed by atoms with Crippen LogP contribution >= 0.6 is 11.3 Å². The van der Waals surface area contributed by atoms with Crippen LogP contribution in [-0.2, 0) is 6.54 Å². The molecule has 0 bridgehead atoms. The molecule has 1 heterocycles. The van der Waals surface area contributed by atoms with E-state index < -0.39 is 4.92 Å². The average molecular weight is 306 g/mol. The number of benzene rings is 1. The van der Waals surface area contributed by atoms with E-state index in [0.29, 0.717) is 12.2 Å². The number of hydrogen-bond donors (Lipinski definition) is 2. The van der Waals surface area contributed by atoms with E-state index >= 15 is 0 Å². The van der Waals surface area contributed by atoms with Crippen molar-refractivity contribution in [3.05, 3.63) is 50.0 Å². The van der Waals surface area contributed by atoms with E-state index in [0.717, 1.165) is 10.6 Å². The molecule has 0 saturated carbocycles. The number of amides is 1. The van der Waals surface area contributed by atoms with Gasteiger partial charge in [0.1, 0.15) is 5.69 Å². The molecule has 2 rings (SSSR count). The molecule has 1 amide bonds. The predicted octanol–water partition coefficient (Wildman–Crippen LogP) is 2.33. The Balaban J connectivity index is 2.14. The first kappa shape index (κ1) is 14.9. The minimum absolute atomic E-state index is 0.126. The number of carbonyl (C=O) groups excluding carboxylic acids is 1. The number of thiazole rings is 1. The number of anilines is 1. The standard InChI is InChI=1S/C13H14N4O3S/c1-8-12(21-7-16-8)6-15-13(18)9-3-4-10(14-2)11(5-9)17(19)20/h3-5,7,14H,6H2,1-2H3,(H,15,18). The molecule has 0 saturated heterocycles. The summed E-state index contributed by atoms with van der Waals surface area (Å²) in [6.45, 7) is 2.22. The van der Waals surface area contributed by atoms with Crippen molar-refractivity contribution in [2.45, 2.75) is 13.5 Å². The van der Waals surface area contributed by atoms with Gasteiger partial charge in [0, 0.05) is 23.6 Å². The number of nitro groups is 1. The van der Waals surface area contributed by atoms with Crippen LogP contribution in [0.1, 0.15) is 20.9 Å². The lowest BCUT2D eigenvalue weighted by Gasteiger charge is -2.06. The van der Waals surface area contributed by atoms with E-state index in [1.165, 1.54) is 23.5 Å². The monoisotopic (exact) mass is 306 g/mol. The van der Waals surface area contributed by atoms with Crippen molar-refractivity contribution in [1.82, 2.24) is 10.3 Å². The van der Waals surface area contributed by atoms with Gasteiger partial charge in [-0.25, -0.2) is 4.98 Å². The minimum atomic E-state index is -0.518. The van der Waals surface area contributed by atoms with Gasteiger partial charge in [-0.05, 0) is 19.1 Å². The van der Waals surface area contributed by atoms with Crippen LogP contribution in [0.2, 0.25) is 0 Å². The summed E-state index contributed by atoms with van der Waals surface area (Å²) >= 11 is 1.46. The molecule has 0 atom stereocenters. The molecule has 7 nitrogen and oxygen atoms in total. The van der Waals surface area contributed by atoms with Gasteiger partial charge in [-0.2, -0.15) is 0 Å². The topological polar surface area (TPSA) is 97.2 Å². The molecule has 2 N–H and O–H groups in total. The number of aromatic nitrogens is 1. The summed E-state index contributed by atoms with van der Waals surface area (Å²) < 4.78 is 0. The molecule has 1 aromatic heterocycles. The smallest absolute Gasteiger partial charge is 0.293 e. The first-order valence-corrected chi connectivity index (χ1v) is 7.04. The number of nitro benzene ring substituents is 1. The molecule has 1 aromatic carbocycles. The van der Waals surface area contributed by atoms with Crippen LogP contribution in [0.3, 0.4) is 0 Å². The van der Waals surface area contributed by atoms with Crippen LogP contribution in [0.4, 0.5) is 11.4 Å². The Morgan fingerprint density at radius 3 is 2.81 bits per heavy atom.